The van der Waals surface area contributed by atoms with E-state index in [9.17, 15) is 0 Å². The quantitative estimate of drug-likeness (QED) is 0.366. The van der Waals surface area contributed by atoms with Gasteiger partial charge in [-0.25, -0.2) is 0 Å². The normalized spacial score (nSPS) is 10.8. The second-order valence-corrected chi connectivity index (χ2v) is 3.49. The van der Waals surface area contributed by atoms with Crippen molar-refractivity contribution < 1.29 is 4.52 Å². The summed E-state index contributed by atoms with van der Waals surface area (Å²) >= 11 is 0. The Balaban J connectivity index is 0.00000256. The van der Waals surface area contributed by atoms with Crippen LogP contribution in [0.1, 0.15) is 17.0 Å². The first kappa shape index (κ1) is 16.0. The van der Waals surface area contributed by atoms with Gasteiger partial charge in [0.15, 0.2) is 5.96 Å². The fraction of sp³-hybridized carbons (Fsp3) is 0.455. The zero-order valence-corrected chi connectivity index (χ0v) is 12.5. The Morgan fingerprint density at radius 2 is 2.29 bits per heavy atom. The molecule has 96 valence electrons. The fourth-order valence-corrected chi connectivity index (χ4v) is 1.38. The van der Waals surface area contributed by atoms with Gasteiger partial charge in [-0.2, -0.15) is 0 Å². The molecule has 17 heavy (non-hydrogen) atoms. The van der Waals surface area contributed by atoms with Crippen LogP contribution in [0.25, 0.3) is 0 Å². The maximum Gasteiger partial charge on any atom is 0.188 e. The zero-order chi connectivity index (χ0) is 12.0. The monoisotopic (exact) mass is 350 g/mol. The van der Waals surface area contributed by atoms with Crippen molar-refractivity contribution >= 4 is 29.9 Å². The van der Waals surface area contributed by atoms with Crippen LogP contribution < -0.4 is 11.1 Å². The van der Waals surface area contributed by atoms with E-state index in [1.54, 1.807) is 6.08 Å². The van der Waals surface area contributed by atoms with Gasteiger partial charge in [0.25, 0.3) is 0 Å². The number of aliphatic imine (C=N–C) groups is 1. The van der Waals surface area contributed by atoms with Gasteiger partial charge in [-0.1, -0.05) is 11.2 Å². The predicted molar refractivity (Wildman–Crippen MR) is 79.8 cm³/mol. The maximum atomic E-state index is 5.63. The smallest absolute Gasteiger partial charge is 0.188 e. The molecule has 1 rings (SSSR count). The lowest BCUT2D eigenvalue weighted by Crippen LogP contribution is -2.31. The molecule has 0 fully saturated rings. The van der Waals surface area contributed by atoms with Crippen molar-refractivity contribution in [1.82, 2.24) is 10.5 Å². The average molecular weight is 350 g/mol. The van der Waals surface area contributed by atoms with E-state index in [4.69, 9.17) is 10.3 Å². The summed E-state index contributed by atoms with van der Waals surface area (Å²) in [6, 6.07) is 0. The molecule has 0 aliphatic rings. The van der Waals surface area contributed by atoms with Crippen LogP contribution in [0.5, 0.6) is 0 Å². The molecule has 0 aromatic carbocycles. The van der Waals surface area contributed by atoms with Crippen LogP contribution in [0, 0.1) is 13.8 Å². The summed E-state index contributed by atoms with van der Waals surface area (Å²) in [6.07, 6.45) is 2.52. The molecule has 1 aromatic rings. The van der Waals surface area contributed by atoms with Crippen LogP contribution in [-0.4, -0.2) is 24.2 Å². The third kappa shape index (κ3) is 5.20. The van der Waals surface area contributed by atoms with Crippen molar-refractivity contribution in [2.45, 2.75) is 20.3 Å². The maximum absolute atomic E-state index is 5.63. The third-order valence-electron chi connectivity index (χ3n) is 2.25. The number of rotatable bonds is 5. The van der Waals surface area contributed by atoms with Gasteiger partial charge in [-0.15, -0.1) is 30.6 Å². The first-order valence-corrected chi connectivity index (χ1v) is 5.21. The second-order valence-electron chi connectivity index (χ2n) is 3.49. The molecular formula is C11H19IN4O. The minimum Gasteiger partial charge on any atom is -0.370 e. The molecule has 0 saturated heterocycles. The molecule has 0 spiro atoms. The van der Waals surface area contributed by atoms with Gasteiger partial charge in [0, 0.05) is 18.7 Å². The van der Waals surface area contributed by atoms with Crippen LogP contribution in [0.4, 0.5) is 0 Å². The average Bonchev–Trinajstić information content (AvgIpc) is 2.57. The lowest BCUT2D eigenvalue weighted by atomic mass is 10.1. The number of nitrogens with two attached hydrogens (primary N) is 1. The molecule has 0 unspecified atom stereocenters. The number of hydrogen-bond acceptors (Lipinski definition) is 3. The fourth-order valence-electron chi connectivity index (χ4n) is 1.38. The largest absolute Gasteiger partial charge is 0.370 e. The number of hydrogen-bond donors (Lipinski definition) is 2. The van der Waals surface area contributed by atoms with E-state index in [1.165, 1.54) is 0 Å². The summed E-state index contributed by atoms with van der Waals surface area (Å²) in [7, 11) is 0. The van der Waals surface area contributed by atoms with Crippen molar-refractivity contribution in [1.29, 1.82) is 0 Å². The molecule has 0 atom stereocenters. The summed E-state index contributed by atoms with van der Waals surface area (Å²) in [5.41, 5.74) is 7.66. The minimum atomic E-state index is 0. The standard InChI is InChI=1S/C11H18N4O.HI/c1-4-6-13-11(12)14-7-5-10-8(2)15-16-9(10)3;/h4H,1,5-7H2,2-3H3,(H3,12,13,14);1H. The molecule has 0 aliphatic carbocycles. The van der Waals surface area contributed by atoms with Crippen molar-refractivity contribution in [3.8, 4) is 0 Å². The second kappa shape index (κ2) is 8.10. The van der Waals surface area contributed by atoms with Gasteiger partial charge in [0.2, 0.25) is 0 Å². The van der Waals surface area contributed by atoms with Crippen molar-refractivity contribution in [3.05, 3.63) is 29.7 Å². The number of halogens is 1. The highest BCUT2D eigenvalue weighted by molar-refractivity contribution is 14.0. The van der Waals surface area contributed by atoms with E-state index in [1.807, 2.05) is 13.8 Å². The highest BCUT2D eigenvalue weighted by Gasteiger charge is 2.07. The van der Waals surface area contributed by atoms with Gasteiger partial charge < -0.3 is 15.6 Å². The Hall–Kier alpha value is -1.05. The highest BCUT2D eigenvalue weighted by atomic mass is 127. The first-order valence-electron chi connectivity index (χ1n) is 5.21. The summed E-state index contributed by atoms with van der Waals surface area (Å²) in [5.74, 6) is 1.29. The summed E-state index contributed by atoms with van der Waals surface area (Å²) in [5, 5.41) is 6.79. The topological polar surface area (TPSA) is 76.4 Å². The third-order valence-corrected chi connectivity index (χ3v) is 2.25. The van der Waals surface area contributed by atoms with Crippen LogP contribution >= 0.6 is 24.0 Å². The van der Waals surface area contributed by atoms with Gasteiger partial charge in [-0.3, -0.25) is 4.99 Å². The number of aromatic nitrogens is 1. The molecule has 5 nitrogen and oxygen atoms in total. The molecule has 0 aliphatic heterocycles. The van der Waals surface area contributed by atoms with E-state index in [-0.39, 0.29) is 24.0 Å². The van der Waals surface area contributed by atoms with Gasteiger partial charge in [0.05, 0.1) is 5.69 Å². The first-order chi connectivity index (χ1) is 7.65. The minimum absolute atomic E-state index is 0. The van der Waals surface area contributed by atoms with Crippen LogP contribution in [0.15, 0.2) is 22.2 Å². The molecule has 1 heterocycles. The van der Waals surface area contributed by atoms with E-state index in [2.05, 4.69) is 22.0 Å². The van der Waals surface area contributed by atoms with E-state index in [0.29, 0.717) is 19.0 Å². The highest BCUT2D eigenvalue weighted by Crippen LogP contribution is 2.12. The van der Waals surface area contributed by atoms with Crippen molar-refractivity contribution in [2.24, 2.45) is 10.7 Å². The Morgan fingerprint density at radius 3 is 2.82 bits per heavy atom. The van der Waals surface area contributed by atoms with Crippen molar-refractivity contribution in [2.75, 3.05) is 13.1 Å². The van der Waals surface area contributed by atoms with E-state index >= 15 is 0 Å². The Morgan fingerprint density at radius 1 is 1.59 bits per heavy atom. The number of nitrogens with one attached hydrogen (secondary N) is 1. The SMILES string of the molecule is C=CCNC(N)=NCCc1c(C)noc1C.I. The van der Waals surface area contributed by atoms with E-state index < -0.39 is 0 Å². The molecule has 0 saturated carbocycles. The van der Waals surface area contributed by atoms with Crippen LogP contribution in [0.2, 0.25) is 0 Å². The number of nitrogens with zero attached hydrogens (tertiary/aromatic N) is 2. The van der Waals surface area contributed by atoms with Gasteiger partial charge >= 0.3 is 0 Å². The predicted octanol–water partition coefficient (Wildman–Crippen LogP) is 1.54. The number of guanidine groups is 1. The molecule has 0 bridgehead atoms. The number of aryl methyl sites for hydroxylation is 2. The summed E-state index contributed by atoms with van der Waals surface area (Å²) < 4.78 is 5.06. The molecular weight excluding hydrogens is 331 g/mol. The lowest BCUT2D eigenvalue weighted by Gasteiger charge is -2.01. The van der Waals surface area contributed by atoms with E-state index in [0.717, 1.165) is 23.4 Å². The van der Waals surface area contributed by atoms with Crippen molar-refractivity contribution in [3.63, 3.8) is 0 Å². The molecule has 0 amide bonds. The van der Waals surface area contributed by atoms with Crippen LogP contribution in [-0.2, 0) is 6.42 Å². The Kier molecular flexibility index (Phi) is 7.60. The Bertz CT molecular complexity index is 367. The van der Waals surface area contributed by atoms with Gasteiger partial charge in [0.1, 0.15) is 5.76 Å². The molecule has 6 heteroatoms. The molecule has 0 radical (unpaired) electrons. The summed E-state index contributed by atoms with van der Waals surface area (Å²) in [6.45, 7) is 8.66. The molecule has 1 aromatic heterocycles. The van der Waals surface area contributed by atoms with Gasteiger partial charge in [-0.05, 0) is 20.3 Å². The zero-order valence-electron chi connectivity index (χ0n) is 10.2. The lowest BCUT2D eigenvalue weighted by molar-refractivity contribution is 0.392. The summed E-state index contributed by atoms with van der Waals surface area (Å²) in [4.78, 5) is 4.18. The van der Waals surface area contributed by atoms with Crippen LogP contribution in [0.3, 0.4) is 0 Å². The Labute approximate surface area is 119 Å². The molecule has 3 N–H and O–H groups in total.